The standard InChI is InChI=1S/C42H86N2.2BrH/c1-3-5-7-9-11-13-15-19-23-27-35-43(39-31-32-40-43)37-29-25-21-17-18-22-26-30-38-44(41-33-34-42-44)36-28-24-20-16-14-12-10-8-6-4-2;;/h3-42H2,1-2H3;2*1H/q+2;;/p-2. The Labute approximate surface area is 313 Å². The maximum absolute atomic E-state index is 2.32. The van der Waals surface area contributed by atoms with Crippen molar-refractivity contribution >= 4 is 0 Å². The Bertz CT molecular complexity index is 548. The molecule has 2 nitrogen and oxygen atoms in total. The van der Waals surface area contributed by atoms with E-state index in [1.54, 1.807) is 0 Å². The molecule has 0 aliphatic carbocycles. The summed E-state index contributed by atoms with van der Waals surface area (Å²) in [6.45, 7) is 16.6. The van der Waals surface area contributed by atoms with E-state index in [1.165, 1.54) is 267 Å². The van der Waals surface area contributed by atoms with Gasteiger partial charge in [-0.05, 0) is 51.4 Å². The van der Waals surface area contributed by atoms with Gasteiger partial charge < -0.3 is 42.9 Å². The molecule has 0 amide bonds. The Morgan fingerprint density at radius 1 is 0.261 bits per heavy atom. The van der Waals surface area contributed by atoms with Crippen LogP contribution in [0.15, 0.2) is 0 Å². The molecule has 46 heavy (non-hydrogen) atoms. The highest BCUT2D eigenvalue weighted by Gasteiger charge is 2.31. The zero-order valence-corrected chi connectivity index (χ0v) is 35.1. The third-order valence-electron chi connectivity index (χ3n) is 12.0. The molecule has 0 bridgehead atoms. The second-order valence-electron chi connectivity index (χ2n) is 16.1. The van der Waals surface area contributed by atoms with E-state index in [0.29, 0.717) is 0 Å². The van der Waals surface area contributed by atoms with Gasteiger partial charge in [0.1, 0.15) is 0 Å². The van der Waals surface area contributed by atoms with E-state index >= 15 is 0 Å². The molecule has 2 heterocycles. The molecular weight excluding hydrogens is 692 g/mol. The van der Waals surface area contributed by atoms with Crippen molar-refractivity contribution in [3.05, 3.63) is 0 Å². The van der Waals surface area contributed by atoms with Gasteiger partial charge in [-0.3, -0.25) is 0 Å². The average molecular weight is 779 g/mol. The van der Waals surface area contributed by atoms with Crippen molar-refractivity contribution in [3.8, 4) is 0 Å². The Hall–Kier alpha value is 0.880. The lowest BCUT2D eigenvalue weighted by Crippen LogP contribution is -3.00. The van der Waals surface area contributed by atoms with Crippen LogP contribution < -0.4 is 34.0 Å². The fourth-order valence-corrected chi connectivity index (χ4v) is 8.95. The molecule has 2 saturated heterocycles. The molecule has 2 aliphatic rings. The fourth-order valence-electron chi connectivity index (χ4n) is 8.95. The lowest BCUT2D eigenvalue weighted by atomic mass is 10.1. The van der Waals surface area contributed by atoms with Gasteiger partial charge in [-0.15, -0.1) is 0 Å². The monoisotopic (exact) mass is 777 g/mol. The summed E-state index contributed by atoms with van der Waals surface area (Å²) in [5.74, 6) is 0. The normalized spacial score (nSPS) is 16.8. The predicted octanol–water partition coefficient (Wildman–Crippen LogP) is 7.18. The van der Waals surface area contributed by atoms with E-state index < -0.39 is 0 Å². The smallest absolute Gasteiger partial charge is 0.0788 e. The first-order chi connectivity index (χ1) is 21.7. The Kier molecular flexibility index (Phi) is 33.7. The minimum atomic E-state index is 0. The van der Waals surface area contributed by atoms with Gasteiger partial charge in [0.2, 0.25) is 0 Å². The predicted molar refractivity (Wildman–Crippen MR) is 199 cm³/mol. The lowest BCUT2D eigenvalue weighted by molar-refractivity contribution is -0.917. The molecule has 2 fully saturated rings. The van der Waals surface area contributed by atoms with E-state index in [1.807, 2.05) is 0 Å². The van der Waals surface area contributed by atoms with Crippen molar-refractivity contribution in [1.82, 2.24) is 0 Å². The van der Waals surface area contributed by atoms with Gasteiger partial charge in [0, 0.05) is 25.7 Å². The van der Waals surface area contributed by atoms with Crippen LogP contribution in [0.2, 0.25) is 0 Å². The first kappa shape index (κ1) is 46.9. The lowest BCUT2D eigenvalue weighted by Gasteiger charge is -2.34. The molecule has 0 aromatic carbocycles. The second-order valence-corrected chi connectivity index (χ2v) is 16.1. The van der Waals surface area contributed by atoms with Gasteiger partial charge in [-0.2, -0.15) is 0 Å². The molecule has 0 atom stereocenters. The molecule has 0 N–H and O–H groups in total. The molecule has 0 aromatic rings. The van der Waals surface area contributed by atoms with E-state index in [2.05, 4.69) is 13.8 Å². The van der Waals surface area contributed by atoms with Crippen LogP contribution in [0.4, 0.5) is 0 Å². The number of hydrogen-bond donors (Lipinski definition) is 0. The third kappa shape index (κ3) is 24.1. The molecule has 278 valence electrons. The second kappa shape index (κ2) is 33.0. The summed E-state index contributed by atoms with van der Waals surface area (Å²) >= 11 is 0. The number of halogens is 2. The summed E-state index contributed by atoms with van der Waals surface area (Å²) in [5, 5.41) is 0. The summed E-state index contributed by atoms with van der Waals surface area (Å²) in [6.07, 6.45) is 47.4. The SMILES string of the molecule is CCCCCCCCCCCC[N+]1(CCCCCCCCCC[N+]2(CCCCCCCCCCCC)CCCC2)CCCC1.[Br-].[Br-]. The fraction of sp³-hybridized carbons (Fsp3) is 1.00. The number of unbranched alkanes of at least 4 members (excludes halogenated alkanes) is 25. The van der Waals surface area contributed by atoms with Crippen molar-refractivity contribution in [3.63, 3.8) is 0 Å². The minimum Gasteiger partial charge on any atom is -1.00 e. The zero-order valence-electron chi connectivity index (χ0n) is 31.9. The number of hydrogen-bond acceptors (Lipinski definition) is 0. The van der Waals surface area contributed by atoms with Crippen LogP contribution in [-0.2, 0) is 0 Å². The topological polar surface area (TPSA) is 0 Å². The van der Waals surface area contributed by atoms with Gasteiger partial charge in [0.15, 0.2) is 0 Å². The Morgan fingerprint density at radius 2 is 0.435 bits per heavy atom. The highest BCUT2D eigenvalue weighted by Crippen LogP contribution is 2.25. The van der Waals surface area contributed by atoms with Crippen LogP contribution in [0.1, 0.15) is 219 Å². The summed E-state index contributed by atoms with van der Waals surface area (Å²) in [7, 11) is 0. The molecule has 0 unspecified atom stereocenters. The van der Waals surface area contributed by atoms with Crippen molar-refractivity contribution in [2.45, 2.75) is 219 Å². The van der Waals surface area contributed by atoms with E-state index in [0.717, 1.165) is 0 Å². The summed E-state index contributed by atoms with van der Waals surface area (Å²) in [4.78, 5) is 0. The summed E-state index contributed by atoms with van der Waals surface area (Å²) in [6, 6.07) is 0. The molecule has 0 aromatic heterocycles. The van der Waals surface area contributed by atoms with Crippen LogP contribution in [0.3, 0.4) is 0 Å². The van der Waals surface area contributed by atoms with Gasteiger partial charge in [0.05, 0.1) is 52.4 Å². The maximum Gasteiger partial charge on any atom is 0.0788 e. The molecule has 2 aliphatic heterocycles. The van der Waals surface area contributed by atoms with E-state index in [4.69, 9.17) is 0 Å². The van der Waals surface area contributed by atoms with Crippen LogP contribution >= 0.6 is 0 Å². The molecular formula is C42H86Br2N2. The maximum atomic E-state index is 2.32. The van der Waals surface area contributed by atoms with Gasteiger partial charge in [-0.25, -0.2) is 0 Å². The van der Waals surface area contributed by atoms with Crippen LogP contribution in [-0.4, -0.2) is 61.3 Å². The summed E-state index contributed by atoms with van der Waals surface area (Å²) in [5.41, 5.74) is 0. The molecule has 0 saturated carbocycles. The van der Waals surface area contributed by atoms with E-state index in [9.17, 15) is 0 Å². The number of nitrogens with zero attached hydrogens (tertiary/aromatic N) is 2. The Balaban J connectivity index is 0.0000101. The van der Waals surface area contributed by atoms with Gasteiger partial charge in [0.25, 0.3) is 0 Å². The highest BCUT2D eigenvalue weighted by molar-refractivity contribution is 4.59. The Morgan fingerprint density at radius 3 is 0.630 bits per heavy atom. The third-order valence-corrected chi connectivity index (χ3v) is 12.0. The summed E-state index contributed by atoms with van der Waals surface area (Å²) < 4.78 is 2.99. The van der Waals surface area contributed by atoms with Crippen LogP contribution in [0, 0.1) is 0 Å². The van der Waals surface area contributed by atoms with E-state index in [-0.39, 0.29) is 34.0 Å². The van der Waals surface area contributed by atoms with Gasteiger partial charge in [-0.1, -0.05) is 142 Å². The average Bonchev–Trinajstić information content (AvgIpc) is 3.71. The van der Waals surface area contributed by atoms with Crippen molar-refractivity contribution in [1.29, 1.82) is 0 Å². The minimum absolute atomic E-state index is 0. The zero-order chi connectivity index (χ0) is 31.3. The highest BCUT2D eigenvalue weighted by atomic mass is 79.9. The largest absolute Gasteiger partial charge is 1.00 e. The first-order valence-electron chi connectivity index (χ1n) is 21.4. The number of likely N-dealkylation sites (tertiary alicyclic amines) is 2. The van der Waals surface area contributed by atoms with Crippen molar-refractivity contribution in [2.75, 3.05) is 52.4 Å². The quantitative estimate of drug-likeness (QED) is 0.0490. The number of quaternary nitrogens is 2. The van der Waals surface area contributed by atoms with Crippen molar-refractivity contribution in [2.24, 2.45) is 0 Å². The van der Waals surface area contributed by atoms with Crippen LogP contribution in [0.5, 0.6) is 0 Å². The molecule has 0 radical (unpaired) electrons. The van der Waals surface area contributed by atoms with Crippen LogP contribution in [0.25, 0.3) is 0 Å². The van der Waals surface area contributed by atoms with Crippen molar-refractivity contribution < 1.29 is 42.9 Å². The molecule has 2 rings (SSSR count). The number of rotatable bonds is 33. The first-order valence-corrected chi connectivity index (χ1v) is 21.4. The molecule has 0 spiro atoms. The van der Waals surface area contributed by atoms with Gasteiger partial charge >= 0.3 is 0 Å². The molecule has 4 heteroatoms.